The van der Waals surface area contributed by atoms with Crippen LogP contribution in [0.3, 0.4) is 0 Å². The normalized spacial score (nSPS) is 11.8. The monoisotopic (exact) mass is 556 g/mol. The maximum atomic E-state index is 14.2. The number of nitrogens with one attached hydrogen (secondary N) is 1. The van der Waals surface area contributed by atoms with Crippen molar-refractivity contribution in [2.45, 2.75) is 25.5 Å². The number of amides is 1. The molecule has 1 amide bonds. The van der Waals surface area contributed by atoms with E-state index in [1.165, 1.54) is 0 Å². The van der Waals surface area contributed by atoms with E-state index < -0.39 is 37.7 Å². The first-order valence-corrected chi connectivity index (χ1v) is 14.4. The third kappa shape index (κ3) is 6.36. The topological polar surface area (TPSA) is 79.2 Å². The average molecular weight is 557 g/mol. The number of hydrogen-bond acceptors (Lipinski definition) is 4. The van der Waals surface area contributed by atoms with Gasteiger partial charge >= 0.3 is 6.09 Å². The second kappa shape index (κ2) is 13.5. The van der Waals surface area contributed by atoms with Crippen molar-refractivity contribution in [2.24, 2.45) is 0 Å². The van der Waals surface area contributed by atoms with E-state index in [9.17, 15) is 23.6 Å². The van der Waals surface area contributed by atoms with Crippen molar-refractivity contribution in [2.75, 3.05) is 0 Å². The van der Waals surface area contributed by atoms with E-state index in [0.29, 0.717) is 21.5 Å². The maximum absolute atomic E-state index is 14.2. The lowest BCUT2D eigenvalue weighted by Gasteiger charge is -2.31. The van der Waals surface area contributed by atoms with Crippen LogP contribution in [0.25, 0.3) is 0 Å². The number of benzene rings is 4. The molecule has 0 spiro atoms. The van der Waals surface area contributed by atoms with Gasteiger partial charge in [0.05, 0.1) is 0 Å². The number of ketones is 1. The van der Waals surface area contributed by atoms with Crippen molar-refractivity contribution < 1.29 is 23.1 Å². The third-order valence-corrected chi connectivity index (χ3v) is 10.5. The van der Waals surface area contributed by atoms with Gasteiger partial charge in [-0.25, -0.2) is 13.6 Å². The molecule has 1 atom stereocenters. The van der Waals surface area contributed by atoms with Crippen molar-refractivity contribution >= 4 is 40.0 Å². The summed E-state index contributed by atoms with van der Waals surface area (Å²) in [5, 5.41) is 14.8. The molecule has 4 aromatic carbocycles. The number of ether oxygens (including phenoxy) is 1. The predicted molar refractivity (Wildman–Crippen MR) is 155 cm³/mol. The Balaban J connectivity index is 1.87. The first kappa shape index (κ1) is 28.5. The standard InChI is InChI=1S/C32H27F2N2O3P/c33-30(34)21-28(36-32(38)39-23-24-13-5-1-6-14-24)31(37)29(22-35)40(25-15-7-2-8-16-25,26-17-9-3-10-18-26)27-19-11-4-12-20-27/h1-20,28,30H,21,23H2,(H,36,38). The van der Waals surface area contributed by atoms with Gasteiger partial charge in [0.25, 0.3) is 0 Å². The maximum Gasteiger partial charge on any atom is 0.408 e. The predicted octanol–water partition coefficient (Wildman–Crippen LogP) is 5.20. The molecule has 0 aliphatic rings. The summed E-state index contributed by atoms with van der Waals surface area (Å²) < 4.78 is 32.7. The fraction of sp³-hybridized carbons (Fsp3) is 0.125. The largest absolute Gasteiger partial charge is 0.445 e. The lowest BCUT2D eigenvalue weighted by molar-refractivity contribution is -0.115. The van der Waals surface area contributed by atoms with Crippen LogP contribution in [0, 0.1) is 11.3 Å². The van der Waals surface area contributed by atoms with Crippen molar-refractivity contribution in [1.82, 2.24) is 5.32 Å². The van der Waals surface area contributed by atoms with Gasteiger partial charge in [-0.2, -0.15) is 5.26 Å². The highest BCUT2D eigenvalue weighted by Gasteiger charge is 2.37. The molecule has 1 unspecified atom stereocenters. The fourth-order valence-corrected chi connectivity index (χ4v) is 8.73. The van der Waals surface area contributed by atoms with Gasteiger partial charge in [0.1, 0.15) is 24.0 Å². The summed E-state index contributed by atoms with van der Waals surface area (Å²) in [7, 11) is 0. The molecule has 0 heterocycles. The lowest BCUT2D eigenvalue weighted by atomic mass is 10.1. The second-order valence-corrected chi connectivity index (χ2v) is 12.2. The summed E-state index contributed by atoms with van der Waals surface area (Å²) in [5.41, 5.74) is 0.695. The van der Waals surface area contributed by atoms with E-state index in [0.717, 1.165) is 0 Å². The minimum absolute atomic E-state index is 0.105. The van der Waals surface area contributed by atoms with E-state index >= 15 is 0 Å². The van der Waals surface area contributed by atoms with Gasteiger partial charge in [-0.3, -0.25) is 4.79 Å². The molecular weight excluding hydrogens is 529 g/mol. The number of nitriles is 1. The quantitative estimate of drug-likeness (QED) is 0.273. The molecule has 1 N–H and O–H groups in total. The average Bonchev–Trinajstić information content (AvgIpc) is 3.00. The van der Waals surface area contributed by atoms with E-state index in [-0.39, 0.29) is 11.9 Å². The first-order chi connectivity index (χ1) is 19.5. The SMILES string of the molecule is N#CC(C(=O)C(CC(F)F)NC(=O)OCc1ccccc1)=P(c1ccccc1)(c1ccccc1)c1ccccc1. The van der Waals surface area contributed by atoms with Crippen LogP contribution < -0.4 is 21.2 Å². The summed E-state index contributed by atoms with van der Waals surface area (Å²) in [5.74, 6) is -0.871. The summed E-state index contributed by atoms with van der Waals surface area (Å²) in [6.07, 6.45) is -4.91. The van der Waals surface area contributed by atoms with E-state index in [4.69, 9.17) is 4.74 Å². The number of nitrogens with zero attached hydrogens (tertiary/aromatic N) is 1. The van der Waals surface area contributed by atoms with Crippen molar-refractivity contribution in [3.8, 4) is 6.07 Å². The number of alkyl carbamates (subject to hydrolysis) is 1. The Morgan fingerprint density at radius 3 is 1.57 bits per heavy atom. The number of carbonyl (C=O) groups is 2. The van der Waals surface area contributed by atoms with Gasteiger partial charge in [0.2, 0.25) is 6.43 Å². The van der Waals surface area contributed by atoms with Gasteiger partial charge in [-0.1, -0.05) is 121 Å². The summed E-state index contributed by atoms with van der Waals surface area (Å²) in [4.78, 5) is 26.8. The molecule has 0 saturated carbocycles. The molecule has 202 valence electrons. The number of halogens is 2. The van der Waals surface area contributed by atoms with Crippen LogP contribution in [0.4, 0.5) is 13.6 Å². The van der Waals surface area contributed by atoms with Crippen LogP contribution in [-0.4, -0.2) is 29.6 Å². The smallest absolute Gasteiger partial charge is 0.408 e. The molecule has 0 saturated heterocycles. The first-order valence-electron chi connectivity index (χ1n) is 12.6. The highest BCUT2D eigenvalue weighted by molar-refractivity contribution is 7.97. The molecule has 0 aromatic heterocycles. The molecule has 0 bridgehead atoms. The highest BCUT2D eigenvalue weighted by Crippen LogP contribution is 2.46. The van der Waals surface area contributed by atoms with Gasteiger partial charge in [-0.05, 0) is 28.4 Å². The third-order valence-electron chi connectivity index (χ3n) is 6.34. The van der Waals surface area contributed by atoms with E-state index in [2.05, 4.69) is 11.4 Å². The second-order valence-electron chi connectivity index (χ2n) is 8.89. The Morgan fingerprint density at radius 1 is 0.750 bits per heavy atom. The Bertz CT molecular complexity index is 1420. The van der Waals surface area contributed by atoms with Crippen molar-refractivity contribution in [3.05, 3.63) is 127 Å². The molecule has 4 aromatic rings. The number of alkyl halides is 2. The molecular formula is C32H27F2N2O3P. The Morgan fingerprint density at radius 2 is 1.18 bits per heavy atom. The molecule has 40 heavy (non-hydrogen) atoms. The summed E-state index contributed by atoms with van der Waals surface area (Å²) >= 11 is 0. The number of rotatable bonds is 10. The zero-order valence-corrected chi connectivity index (χ0v) is 22.4. The van der Waals surface area contributed by atoms with E-state index in [1.54, 1.807) is 24.3 Å². The van der Waals surface area contributed by atoms with Crippen LogP contribution in [0.15, 0.2) is 121 Å². The molecule has 0 aliphatic carbocycles. The Hall–Kier alpha value is -4.53. The van der Waals surface area contributed by atoms with Crippen LogP contribution in [0.1, 0.15) is 12.0 Å². The van der Waals surface area contributed by atoms with E-state index in [1.807, 2.05) is 97.1 Å². The fourth-order valence-electron chi connectivity index (χ4n) is 4.57. The molecule has 8 heteroatoms. The zero-order valence-electron chi connectivity index (χ0n) is 21.5. The Kier molecular flexibility index (Phi) is 9.62. The number of Topliss-reactive ketones (excluding diaryl/α,β-unsaturated/α-hetero) is 1. The molecule has 0 aliphatic heterocycles. The van der Waals surface area contributed by atoms with Crippen LogP contribution in [-0.2, 0) is 16.1 Å². The van der Waals surface area contributed by atoms with Gasteiger partial charge in [-0.15, -0.1) is 0 Å². The van der Waals surface area contributed by atoms with Crippen LogP contribution in [0.5, 0.6) is 0 Å². The molecule has 0 fully saturated rings. The van der Waals surface area contributed by atoms with Crippen LogP contribution in [0.2, 0.25) is 0 Å². The van der Waals surface area contributed by atoms with Crippen molar-refractivity contribution in [1.29, 1.82) is 5.26 Å². The van der Waals surface area contributed by atoms with Gasteiger partial charge in [0.15, 0.2) is 5.78 Å². The summed E-state index contributed by atoms with van der Waals surface area (Å²) in [6, 6.07) is 36.6. The van der Waals surface area contributed by atoms with Crippen molar-refractivity contribution in [3.63, 3.8) is 0 Å². The minimum atomic E-state index is -3.15. The molecule has 5 nitrogen and oxygen atoms in total. The molecule has 4 rings (SSSR count). The van der Waals surface area contributed by atoms with Gasteiger partial charge < -0.3 is 10.1 Å². The van der Waals surface area contributed by atoms with Gasteiger partial charge in [0, 0.05) is 6.42 Å². The van der Waals surface area contributed by atoms with Crippen LogP contribution >= 0.6 is 6.89 Å². The highest BCUT2D eigenvalue weighted by atomic mass is 31.2. The lowest BCUT2D eigenvalue weighted by Crippen LogP contribution is -2.46. The minimum Gasteiger partial charge on any atom is -0.445 e. The number of carbonyl (C=O) groups excluding carboxylic acids is 2. The zero-order chi connectivity index (χ0) is 28.4. The number of hydrogen-bond donors (Lipinski definition) is 1. The summed E-state index contributed by atoms with van der Waals surface area (Å²) in [6.45, 7) is -3.26. The Labute approximate surface area is 232 Å². The molecule has 0 radical (unpaired) electrons.